The molecule has 1 fully saturated rings. The third-order valence-electron chi connectivity index (χ3n) is 2.59. The zero-order valence-corrected chi connectivity index (χ0v) is 8.57. The second kappa shape index (κ2) is 4.29. The summed E-state index contributed by atoms with van der Waals surface area (Å²) in [4.78, 5) is 0. The molecule has 0 bridgehead atoms. The van der Waals surface area contributed by atoms with E-state index in [9.17, 15) is 0 Å². The van der Waals surface area contributed by atoms with Gasteiger partial charge in [0.1, 0.15) is 0 Å². The van der Waals surface area contributed by atoms with Crippen molar-refractivity contribution in [2.75, 3.05) is 6.61 Å². The molecule has 2 rings (SSSR count). The fourth-order valence-corrected chi connectivity index (χ4v) is 1.49. The van der Waals surface area contributed by atoms with Gasteiger partial charge in [-0.15, -0.1) is 0 Å². The van der Waals surface area contributed by atoms with Crippen molar-refractivity contribution in [3.8, 4) is 6.07 Å². The second-order valence-corrected chi connectivity index (χ2v) is 3.79. The Labute approximate surface area is 89.8 Å². The van der Waals surface area contributed by atoms with Crippen LogP contribution in [0.3, 0.4) is 0 Å². The van der Waals surface area contributed by atoms with Crippen molar-refractivity contribution < 1.29 is 4.74 Å². The second-order valence-electron chi connectivity index (χ2n) is 3.79. The Kier molecular flexibility index (Phi) is 2.84. The average Bonchev–Trinajstić information content (AvgIpc) is 3.10. The lowest BCUT2D eigenvalue weighted by molar-refractivity contribution is 0.399. The molecule has 1 heterocycles. The Balaban J connectivity index is 1.95. The largest absolute Gasteiger partial charge is 0.373 e. The first-order chi connectivity index (χ1) is 7.29. The minimum absolute atomic E-state index is 0.458. The third-order valence-corrected chi connectivity index (χ3v) is 2.59. The minimum Gasteiger partial charge on any atom is -0.373 e. The number of benzene rings is 1. The maximum Gasteiger partial charge on any atom is 0.0991 e. The Bertz CT molecular complexity index is 396. The number of nitrogens with zero attached hydrogens (tertiary/aromatic N) is 1. The van der Waals surface area contributed by atoms with Crippen molar-refractivity contribution in [2.24, 2.45) is 0 Å². The third kappa shape index (κ3) is 2.68. The van der Waals surface area contributed by atoms with Gasteiger partial charge in [-0.05, 0) is 36.1 Å². The number of hydrogen-bond donors (Lipinski definition) is 0. The molecule has 0 spiro atoms. The van der Waals surface area contributed by atoms with E-state index in [1.165, 1.54) is 0 Å². The number of nitriles is 1. The van der Waals surface area contributed by atoms with Gasteiger partial charge in [-0.3, -0.25) is 0 Å². The molecule has 76 valence electrons. The zero-order chi connectivity index (χ0) is 10.7. The topological polar surface area (TPSA) is 36.3 Å². The normalized spacial score (nSPS) is 18.2. The number of allylic oxidation sites excluding steroid dienone is 1. The van der Waals surface area contributed by atoms with E-state index in [0.29, 0.717) is 11.7 Å². The van der Waals surface area contributed by atoms with Gasteiger partial charge in [-0.1, -0.05) is 18.7 Å². The van der Waals surface area contributed by atoms with Gasteiger partial charge in [0.25, 0.3) is 0 Å². The number of rotatable bonds is 4. The molecule has 1 unspecified atom stereocenters. The molecule has 2 nitrogen and oxygen atoms in total. The van der Waals surface area contributed by atoms with Crippen LogP contribution in [-0.4, -0.2) is 12.7 Å². The molecule has 1 atom stereocenters. The average molecular weight is 199 g/mol. The predicted octanol–water partition coefficient (Wildman–Crippen LogP) is 2.75. The Morgan fingerprint density at radius 1 is 1.47 bits per heavy atom. The molecule has 0 amide bonds. The summed E-state index contributed by atoms with van der Waals surface area (Å²) in [5.41, 5.74) is 2.93. The fourth-order valence-electron chi connectivity index (χ4n) is 1.49. The van der Waals surface area contributed by atoms with Gasteiger partial charge in [-0.25, -0.2) is 0 Å². The highest BCUT2D eigenvalue weighted by Crippen LogP contribution is 2.23. The summed E-state index contributed by atoms with van der Waals surface area (Å²) in [6.07, 6.45) is 2.48. The minimum atomic E-state index is 0.458. The summed E-state index contributed by atoms with van der Waals surface area (Å²) < 4.78 is 5.15. The van der Waals surface area contributed by atoms with E-state index in [-0.39, 0.29) is 0 Å². The number of epoxide rings is 1. The first-order valence-corrected chi connectivity index (χ1v) is 5.09. The summed E-state index contributed by atoms with van der Waals surface area (Å²) in [5.74, 6) is 0. The standard InChI is InChI=1S/C13H13NO/c1-10(2-7-13-9-15-13)12-5-3-11(8-14)4-6-12/h3-6,13H,1-2,7,9H2. The van der Waals surface area contributed by atoms with Crippen molar-refractivity contribution in [3.63, 3.8) is 0 Å². The van der Waals surface area contributed by atoms with E-state index in [1.54, 1.807) is 0 Å². The molecule has 2 heteroatoms. The Hall–Kier alpha value is -1.59. The van der Waals surface area contributed by atoms with Crippen LogP contribution in [-0.2, 0) is 4.74 Å². The van der Waals surface area contributed by atoms with E-state index >= 15 is 0 Å². The van der Waals surface area contributed by atoms with Crippen molar-refractivity contribution in [1.82, 2.24) is 0 Å². The van der Waals surface area contributed by atoms with Gasteiger partial charge in [0, 0.05) is 0 Å². The van der Waals surface area contributed by atoms with Crippen LogP contribution in [0, 0.1) is 11.3 Å². The smallest absolute Gasteiger partial charge is 0.0991 e. The molecule has 0 aromatic heterocycles. The molecule has 1 aliphatic heterocycles. The molecule has 15 heavy (non-hydrogen) atoms. The van der Waals surface area contributed by atoms with E-state index in [1.807, 2.05) is 24.3 Å². The highest BCUT2D eigenvalue weighted by atomic mass is 16.6. The lowest BCUT2D eigenvalue weighted by atomic mass is 10.0. The summed E-state index contributed by atoms with van der Waals surface area (Å²) in [5, 5.41) is 8.66. The van der Waals surface area contributed by atoms with Crippen LogP contribution in [0.15, 0.2) is 30.8 Å². The van der Waals surface area contributed by atoms with Gasteiger partial charge in [0.15, 0.2) is 0 Å². The monoisotopic (exact) mass is 199 g/mol. The van der Waals surface area contributed by atoms with Crippen molar-refractivity contribution in [2.45, 2.75) is 18.9 Å². The molecule has 1 aromatic rings. The van der Waals surface area contributed by atoms with Crippen LogP contribution >= 0.6 is 0 Å². The Morgan fingerprint density at radius 3 is 2.67 bits per heavy atom. The van der Waals surface area contributed by atoms with Crippen LogP contribution in [0.5, 0.6) is 0 Å². The fraction of sp³-hybridized carbons (Fsp3) is 0.308. The van der Waals surface area contributed by atoms with Gasteiger partial charge in [0.05, 0.1) is 24.3 Å². The lowest BCUT2D eigenvalue weighted by Gasteiger charge is -2.04. The molecule has 0 N–H and O–H groups in total. The summed E-state index contributed by atoms with van der Waals surface area (Å²) in [6.45, 7) is 4.95. The molecule has 1 saturated heterocycles. The van der Waals surface area contributed by atoms with Crippen LogP contribution in [0.2, 0.25) is 0 Å². The first-order valence-electron chi connectivity index (χ1n) is 5.09. The number of ether oxygens (including phenoxy) is 1. The van der Waals surface area contributed by atoms with Crippen molar-refractivity contribution in [1.29, 1.82) is 5.26 Å². The van der Waals surface area contributed by atoms with E-state index in [4.69, 9.17) is 10.00 Å². The van der Waals surface area contributed by atoms with E-state index < -0.39 is 0 Å². The summed E-state index contributed by atoms with van der Waals surface area (Å²) in [6, 6.07) is 9.66. The quantitative estimate of drug-likeness (QED) is 0.699. The maximum atomic E-state index is 8.66. The highest BCUT2D eigenvalue weighted by molar-refractivity contribution is 5.63. The molecular formula is C13H13NO. The van der Waals surface area contributed by atoms with Gasteiger partial charge >= 0.3 is 0 Å². The van der Waals surface area contributed by atoms with Crippen LogP contribution in [0.4, 0.5) is 0 Å². The molecular weight excluding hydrogens is 186 g/mol. The van der Waals surface area contributed by atoms with Crippen LogP contribution in [0.25, 0.3) is 5.57 Å². The molecule has 0 aliphatic carbocycles. The van der Waals surface area contributed by atoms with Crippen LogP contribution in [0.1, 0.15) is 24.0 Å². The summed E-state index contributed by atoms with van der Waals surface area (Å²) >= 11 is 0. The van der Waals surface area contributed by atoms with Crippen molar-refractivity contribution >= 4 is 5.57 Å². The van der Waals surface area contributed by atoms with E-state index in [2.05, 4.69) is 12.6 Å². The van der Waals surface area contributed by atoms with Gasteiger partial charge in [0.2, 0.25) is 0 Å². The molecule has 1 aromatic carbocycles. The lowest BCUT2D eigenvalue weighted by Crippen LogP contribution is -1.88. The van der Waals surface area contributed by atoms with Gasteiger partial charge in [-0.2, -0.15) is 5.26 Å². The summed E-state index contributed by atoms with van der Waals surface area (Å²) in [7, 11) is 0. The Morgan fingerprint density at radius 2 is 2.13 bits per heavy atom. The molecule has 0 saturated carbocycles. The van der Waals surface area contributed by atoms with Crippen LogP contribution < -0.4 is 0 Å². The van der Waals surface area contributed by atoms with Crippen molar-refractivity contribution in [3.05, 3.63) is 42.0 Å². The first kappa shape index (κ1) is 9.95. The van der Waals surface area contributed by atoms with Gasteiger partial charge < -0.3 is 4.74 Å². The molecule has 0 radical (unpaired) electrons. The SMILES string of the molecule is C=C(CCC1CO1)c1ccc(C#N)cc1. The van der Waals surface area contributed by atoms with E-state index in [0.717, 1.165) is 30.6 Å². The zero-order valence-electron chi connectivity index (χ0n) is 8.57. The molecule has 1 aliphatic rings. The maximum absolute atomic E-state index is 8.66. The number of hydrogen-bond acceptors (Lipinski definition) is 2. The highest BCUT2D eigenvalue weighted by Gasteiger charge is 2.21. The predicted molar refractivity (Wildman–Crippen MR) is 59.2 cm³/mol.